The highest BCUT2D eigenvalue weighted by Gasteiger charge is 2.12. The third-order valence-electron chi connectivity index (χ3n) is 3.90. The zero-order valence-electron chi connectivity index (χ0n) is 14.5. The van der Waals surface area contributed by atoms with Gasteiger partial charge in [0.2, 0.25) is 0 Å². The first-order valence-corrected chi connectivity index (χ1v) is 8.23. The van der Waals surface area contributed by atoms with Crippen molar-refractivity contribution >= 4 is 5.91 Å². The molecule has 0 bridgehead atoms. The number of benzene rings is 2. The molecule has 0 fully saturated rings. The standard InChI is InChI=1S/C20H25NO3/c1-4-15(2)21-20(22)17-10-11-19(23-3)18(12-17)14-24-13-16-8-6-5-7-9-16/h5-12,15H,4,13-14H2,1-3H3,(H,21,22). The fourth-order valence-electron chi connectivity index (χ4n) is 2.29. The summed E-state index contributed by atoms with van der Waals surface area (Å²) >= 11 is 0. The van der Waals surface area contributed by atoms with Crippen LogP contribution in [0.2, 0.25) is 0 Å². The zero-order valence-corrected chi connectivity index (χ0v) is 14.5. The molecule has 4 nitrogen and oxygen atoms in total. The highest BCUT2D eigenvalue weighted by molar-refractivity contribution is 5.94. The average molecular weight is 327 g/mol. The van der Waals surface area contributed by atoms with E-state index in [0.717, 1.165) is 23.3 Å². The largest absolute Gasteiger partial charge is 0.496 e. The van der Waals surface area contributed by atoms with Gasteiger partial charge in [-0.25, -0.2) is 0 Å². The van der Waals surface area contributed by atoms with Gasteiger partial charge in [-0.15, -0.1) is 0 Å². The molecule has 0 aliphatic carbocycles. The Morgan fingerprint density at radius 3 is 2.54 bits per heavy atom. The summed E-state index contributed by atoms with van der Waals surface area (Å²) in [7, 11) is 1.62. The molecule has 1 atom stereocenters. The molecule has 1 amide bonds. The van der Waals surface area contributed by atoms with Crippen LogP contribution in [0, 0.1) is 0 Å². The van der Waals surface area contributed by atoms with Crippen molar-refractivity contribution in [2.45, 2.75) is 39.5 Å². The quantitative estimate of drug-likeness (QED) is 0.799. The Balaban J connectivity index is 2.04. The van der Waals surface area contributed by atoms with Crippen LogP contribution >= 0.6 is 0 Å². The summed E-state index contributed by atoms with van der Waals surface area (Å²) in [6.45, 7) is 4.95. The van der Waals surface area contributed by atoms with E-state index in [4.69, 9.17) is 9.47 Å². The maximum Gasteiger partial charge on any atom is 0.251 e. The lowest BCUT2D eigenvalue weighted by atomic mass is 10.1. The minimum atomic E-state index is -0.0729. The van der Waals surface area contributed by atoms with Gasteiger partial charge >= 0.3 is 0 Å². The first kappa shape index (κ1) is 18.0. The molecule has 1 N–H and O–H groups in total. The van der Waals surface area contributed by atoms with Crippen molar-refractivity contribution in [2.75, 3.05) is 7.11 Å². The first-order valence-electron chi connectivity index (χ1n) is 8.23. The third-order valence-corrected chi connectivity index (χ3v) is 3.90. The molecule has 0 heterocycles. The number of methoxy groups -OCH3 is 1. The van der Waals surface area contributed by atoms with Gasteiger partial charge in [-0.3, -0.25) is 4.79 Å². The summed E-state index contributed by atoms with van der Waals surface area (Å²) in [5.41, 5.74) is 2.60. The van der Waals surface area contributed by atoms with Crippen molar-refractivity contribution in [3.63, 3.8) is 0 Å². The number of amides is 1. The topological polar surface area (TPSA) is 47.6 Å². The van der Waals surface area contributed by atoms with Gasteiger partial charge in [-0.2, -0.15) is 0 Å². The second kappa shape index (κ2) is 9.08. The second-order valence-electron chi connectivity index (χ2n) is 5.79. The van der Waals surface area contributed by atoms with Crippen LogP contribution in [0.4, 0.5) is 0 Å². The second-order valence-corrected chi connectivity index (χ2v) is 5.79. The van der Waals surface area contributed by atoms with Crippen molar-refractivity contribution in [2.24, 2.45) is 0 Å². The molecule has 0 saturated carbocycles. The molecule has 24 heavy (non-hydrogen) atoms. The molecular formula is C20H25NO3. The van der Waals surface area contributed by atoms with E-state index >= 15 is 0 Å². The van der Waals surface area contributed by atoms with Gasteiger partial charge in [0.25, 0.3) is 5.91 Å². The number of ether oxygens (including phenoxy) is 2. The molecule has 2 aromatic carbocycles. The van der Waals surface area contributed by atoms with E-state index in [9.17, 15) is 4.79 Å². The van der Waals surface area contributed by atoms with E-state index in [-0.39, 0.29) is 11.9 Å². The van der Waals surface area contributed by atoms with E-state index in [2.05, 4.69) is 5.32 Å². The lowest BCUT2D eigenvalue weighted by Crippen LogP contribution is -2.31. The lowest BCUT2D eigenvalue weighted by molar-refractivity contribution is 0.0937. The van der Waals surface area contributed by atoms with Crippen molar-refractivity contribution in [1.29, 1.82) is 0 Å². The molecule has 128 valence electrons. The third kappa shape index (κ3) is 5.10. The number of carbonyl (C=O) groups excluding carboxylic acids is 1. The Morgan fingerprint density at radius 2 is 1.88 bits per heavy atom. The normalized spacial score (nSPS) is 11.8. The van der Waals surface area contributed by atoms with Gasteiger partial charge in [0, 0.05) is 17.2 Å². The van der Waals surface area contributed by atoms with E-state index < -0.39 is 0 Å². The highest BCUT2D eigenvalue weighted by Crippen LogP contribution is 2.21. The molecule has 0 spiro atoms. The Kier molecular flexibility index (Phi) is 6.82. The molecule has 0 aliphatic rings. The Morgan fingerprint density at radius 1 is 1.12 bits per heavy atom. The fourth-order valence-corrected chi connectivity index (χ4v) is 2.29. The molecule has 2 rings (SSSR count). The summed E-state index contributed by atoms with van der Waals surface area (Å²) in [6, 6.07) is 15.6. The monoisotopic (exact) mass is 327 g/mol. The van der Waals surface area contributed by atoms with Crippen LogP contribution < -0.4 is 10.1 Å². The summed E-state index contributed by atoms with van der Waals surface area (Å²) in [6.07, 6.45) is 0.898. The minimum absolute atomic E-state index is 0.0729. The van der Waals surface area contributed by atoms with E-state index in [1.807, 2.05) is 56.3 Å². The number of hydrogen-bond donors (Lipinski definition) is 1. The van der Waals surface area contributed by atoms with Crippen LogP contribution in [-0.4, -0.2) is 19.1 Å². The molecule has 0 saturated heterocycles. The molecule has 0 aliphatic heterocycles. The Hall–Kier alpha value is -2.33. The zero-order chi connectivity index (χ0) is 17.4. The van der Waals surface area contributed by atoms with Crippen molar-refractivity contribution in [3.05, 3.63) is 65.2 Å². The molecule has 4 heteroatoms. The van der Waals surface area contributed by atoms with E-state index in [1.165, 1.54) is 0 Å². The summed E-state index contributed by atoms with van der Waals surface area (Å²) in [5, 5.41) is 2.97. The maximum atomic E-state index is 12.3. The minimum Gasteiger partial charge on any atom is -0.496 e. The van der Waals surface area contributed by atoms with E-state index in [1.54, 1.807) is 13.2 Å². The van der Waals surface area contributed by atoms with Gasteiger partial charge < -0.3 is 14.8 Å². The van der Waals surface area contributed by atoms with Crippen LogP contribution in [0.25, 0.3) is 0 Å². The van der Waals surface area contributed by atoms with Crippen molar-refractivity contribution in [3.8, 4) is 5.75 Å². The van der Waals surface area contributed by atoms with Crippen molar-refractivity contribution < 1.29 is 14.3 Å². The lowest BCUT2D eigenvalue weighted by Gasteiger charge is -2.14. The van der Waals surface area contributed by atoms with Crippen LogP contribution in [0.1, 0.15) is 41.8 Å². The summed E-state index contributed by atoms with van der Waals surface area (Å²) < 4.78 is 11.1. The summed E-state index contributed by atoms with van der Waals surface area (Å²) in [5.74, 6) is 0.652. The Bertz CT molecular complexity index is 655. The van der Waals surface area contributed by atoms with Gasteiger partial charge in [0.1, 0.15) is 5.75 Å². The van der Waals surface area contributed by atoms with Gasteiger partial charge in [0.05, 0.1) is 20.3 Å². The molecule has 0 radical (unpaired) electrons. The predicted molar refractivity (Wildman–Crippen MR) is 95.1 cm³/mol. The van der Waals surface area contributed by atoms with E-state index in [0.29, 0.717) is 18.8 Å². The number of carbonyl (C=O) groups is 1. The SMILES string of the molecule is CCC(C)NC(=O)c1ccc(OC)c(COCc2ccccc2)c1. The number of rotatable bonds is 8. The average Bonchev–Trinajstić information content (AvgIpc) is 2.62. The molecule has 2 aromatic rings. The predicted octanol–water partition coefficient (Wildman–Crippen LogP) is 3.94. The van der Waals surface area contributed by atoms with Crippen LogP contribution in [0.3, 0.4) is 0 Å². The number of hydrogen-bond acceptors (Lipinski definition) is 3. The number of nitrogens with one attached hydrogen (secondary N) is 1. The highest BCUT2D eigenvalue weighted by atomic mass is 16.5. The summed E-state index contributed by atoms with van der Waals surface area (Å²) in [4.78, 5) is 12.3. The van der Waals surface area contributed by atoms with Crippen LogP contribution in [-0.2, 0) is 18.0 Å². The van der Waals surface area contributed by atoms with Gasteiger partial charge in [0.15, 0.2) is 0 Å². The molecule has 0 aromatic heterocycles. The molecule has 1 unspecified atom stereocenters. The van der Waals surface area contributed by atoms with Gasteiger partial charge in [-0.05, 0) is 37.1 Å². The molecular weight excluding hydrogens is 302 g/mol. The van der Waals surface area contributed by atoms with Gasteiger partial charge in [-0.1, -0.05) is 37.3 Å². The van der Waals surface area contributed by atoms with Crippen molar-refractivity contribution in [1.82, 2.24) is 5.32 Å². The smallest absolute Gasteiger partial charge is 0.251 e. The van der Waals surface area contributed by atoms with Crippen LogP contribution in [0.5, 0.6) is 5.75 Å². The fraction of sp³-hybridized carbons (Fsp3) is 0.350. The van der Waals surface area contributed by atoms with Crippen LogP contribution in [0.15, 0.2) is 48.5 Å². The Labute approximate surface area is 143 Å². The maximum absolute atomic E-state index is 12.3. The first-order chi connectivity index (χ1) is 11.6.